The van der Waals surface area contributed by atoms with Crippen LogP contribution in [0.4, 0.5) is 4.39 Å². The van der Waals surface area contributed by atoms with Crippen molar-refractivity contribution in [2.24, 2.45) is 0 Å². The van der Waals surface area contributed by atoms with E-state index in [2.05, 4.69) is 4.72 Å². The zero-order chi connectivity index (χ0) is 14.8. The SMILES string of the molecule is CC(NS(=O)(=O)c1ccc(C=O)o1)c1cccc(F)c1. The summed E-state index contributed by atoms with van der Waals surface area (Å²) >= 11 is 0. The lowest BCUT2D eigenvalue weighted by atomic mass is 10.1. The van der Waals surface area contributed by atoms with E-state index >= 15 is 0 Å². The van der Waals surface area contributed by atoms with E-state index in [0.29, 0.717) is 11.8 Å². The third-order valence-corrected chi connectivity index (χ3v) is 4.08. The minimum absolute atomic E-state index is 0.0798. The minimum Gasteiger partial charge on any atom is -0.440 e. The van der Waals surface area contributed by atoms with Gasteiger partial charge in [0.2, 0.25) is 5.09 Å². The van der Waals surface area contributed by atoms with Gasteiger partial charge in [-0.25, -0.2) is 17.5 Å². The zero-order valence-corrected chi connectivity index (χ0v) is 11.4. The second kappa shape index (κ2) is 5.56. The van der Waals surface area contributed by atoms with Gasteiger partial charge in [0.05, 0.1) is 0 Å². The predicted octanol–water partition coefficient (Wildman–Crippen LogP) is 2.27. The number of hydrogen-bond donors (Lipinski definition) is 1. The largest absolute Gasteiger partial charge is 0.440 e. The van der Waals surface area contributed by atoms with Crippen LogP contribution in [-0.4, -0.2) is 14.7 Å². The van der Waals surface area contributed by atoms with Gasteiger partial charge in [-0.15, -0.1) is 0 Å². The standard InChI is InChI=1S/C13H12FNO4S/c1-9(10-3-2-4-11(14)7-10)15-20(17,18)13-6-5-12(8-16)19-13/h2-9,15H,1H3. The molecule has 1 atom stereocenters. The quantitative estimate of drug-likeness (QED) is 0.859. The number of benzene rings is 1. The third kappa shape index (κ3) is 3.12. The summed E-state index contributed by atoms with van der Waals surface area (Å²) in [6, 6.07) is 7.42. The van der Waals surface area contributed by atoms with Crippen molar-refractivity contribution in [1.29, 1.82) is 0 Å². The van der Waals surface area contributed by atoms with E-state index in [4.69, 9.17) is 4.42 Å². The van der Waals surface area contributed by atoms with Crippen molar-refractivity contribution in [3.8, 4) is 0 Å². The Morgan fingerprint density at radius 1 is 1.30 bits per heavy atom. The van der Waals surface area contributed by atoms with Gasteiger partial charge in [0.1, 0.15) is 5.82 Å². The second-order valence-electron chi connectivity index (χ2n) is 4.17. The summed E-state index contributed by atoms with van der Waals surface area (Å²) in [5.74, 6) is -0.529. The highest BCUT2D eigenvalue weighted by Gasteiger charge is 2.22. The number of hydrogen-bond acceptors (Lipinski definition) is 4. The molecule has 0 amide bonds. The molecule has 1 aromatic carbocycles. The Bertz CT molecular complexity index is 723. The molecule has 20 heavy (non-hydrogen) atoms. The van der Waals surface area contributed by atoms with Crippen molar-refractivity contribution in [1.82, 2.24) is 4.72 Å². The summed E-state index contributed by atoms with van der Waals surface area (Å²) in [5, 5.41) is -0.358. The molecule has 1 unspecified atom stereocenters. The Kier molecular flexibility index (Phi) is 4.01. The summed E-state index contributed by atoms with van der Waals surface area (Å²) in [4.78, 5) is 10.5. The van der Waals surface area contributed by atoms with Crippen LogP contribution >= 0.6 is 0 Å². The molecule has 0 fully saturated rings. The molecule has 2 aromatic rings. The maximum atomic E-state index is 13.1. The number of carbonyl (C=O) groups excluding carboxylic acids is 1. The second-order valence-corrected chi connectivity index (χ2v) is 5.82. The van der Waals surface area contributed by atoms with Crippen molar-refractivity contribution >= 4 is 16.3 Å². The van der Waals surface area contributed by atoms with E-state index in [9.17, 15) is 17.6 Å². The average molecular weight is 297 g/mol. The molecule has 0 radical (unpaired) electrons. The van der Waals surface area contributed by atoms with Crippen molar-refractivity contribution in [3.63, 3.8) is 0 Å². The molecule has 106 valence electrons. The fraction of sp³-hybridized carbons (Fsp3) is 0.154. The first-order valence-electron chi connectivity index (χ1n) is 5.75. The van der Waals surface area contributed by atoms with Crippen molar-refractivity contribution in [2.75, 3.05) is 0 Å². The van der Waals surface area contributed by atoms with Gasteiger partial charge in [-0.2, -0.15) is 0 Å². The number of nitrogens with one attached hydrogen (secondary N) is 1. The Morgan fingerprint density at radius 3 is 2.65 bits per heavy atom. The van der Waals surface area contributed by atoms with Crippen LogP contribution in [0, 0.1) is 5.82 Å². The van der Waals surface area contributed by atoms with Gasteiger partial charge in [0.15, 0.2) is 12.0 Å². The van der Waals surface area contributed by atoms with Crippen molar-refractivity contribution in [3.05, 3.63) is 53.5 Å². The molecular weight excluding hydrogens is 285 g/mol. The smallest absolute Gasteiger partial charge is 0.274 e. The minimum atomic E-state index is -3.91. The summed E-state index contributed by atoms with van der Waals surface area (Å²) in [7, 11) is -3.91. The molecule has 0 aliphatic rings. The molecule has 0 aliphatic heterocycles. The average Bonchev–Trinajstić information content (AvgIpc) is 2.87. The number of rotatable bonds is 5. The van der Waals surface area contributed by atoms with Gasteiger partial charge in [-0.05, 0) is 36.8 Å². The Labute approximate surface area is 115 Å². The van der Waals surface area contributed by atoms with Crippen LogP contribution in [0.25, 0.3) is 0 Å². The number of aldehydes is 1. The predicted molar refractivity (Wildman–Crippen MR) is 69.2 cm³/mol. The third-order valence-electron chi connectivity index (χ3n) is 2.66. The fourth-order valence-electron chi connectivity index (χ4n) is 1.68. The first-order chi connectivity index (χ1) is 9.42. The van der Waals surface area contributed by atoms with E-state index in [1.165, 1.54) is 30.3 Å². The maximum absolute atomic E-state index is 13.1. The topological polar surface area (TPSA) is 76.4 Å². The molecular formula is C13H12FNO4S. The van der Waals surface area contributed by atoms with Gasteiger partial charge >= 0.3 is 0 Å². The number of carbonyl (C=O) groups is 1. The van der Waals surface area contributed by atoms with Crippen molar-refractivity contribution in [2.45, 2.75) is 18.1 Å². The summed E-state index contributed by atoms with van der Waals surface area (Å²) in [6.07, 6.45) is 0.412. The lowest BCUT2D eigenvalue weighted by Crippen LogP contribution is -2.26. The first-order valence-corrected chi connectivity index (χ1v) is 7.23. The highest BCUT2D eigenvalue weighted by Crippen LogP contribution is 2.18. The molecule has 1 aromatic heterocycles. The molecule has 0 saturated carbocycles. The monoisotopic (exact) mass is 297 g/mol. The van der Waals surface area contributed by atoms with Gasteiger partial charge in [-0.3, -0.25) is 4.79 Å². The number of halogens is 1. The molecule has 0 saturated heterocycles. The van der Waals surface area contributed by atoms with E-state index in [1.54, 1.807) is 13.0 Å². The Hall–Kier alpha value is -1.99. The lowest BCUT2D eigenvalue weighted by molar-refractivity contribution is 0.109. The zero-order valence-electron chi connectivity index (χ0n) is 10.5. The molecule has 5 nitrogen and oxygen atoms in total. The van der Waals surface area contributed by atoms with Crippen LogP contribution in [0.2, 0.25) is 0 Å². The van der Waals surface area contributed by atoms with Gasteiger partial charge < -0.3 is 4.42 Å². The summed E-state index contributed by atoms with van der Waals surface area (Å²) in [5.41, 5.74) is 0.482. The molecule has 2 rings (SSSR count). The molecule has 1 heterocycles. The van der Waals surface area contributed by atoms with Gasteiger partial charge in [0, 0.05) is 6.04 Å². The summed E-state index contributed by atoms with van der Waals surface area (Å²) < 4.78 is 44.3. The Morgan fingerprint density at radius 2 is 2.05 bits per heavy atom. The van der Waals surface area contributed by atoms with Gasteiger partial charge in [0.25, 0.3) is 10.0 Å². The molecule has 1 N–H and O–H groups in total. The molecule has 0 spiro atoms. The van der Waals surface area contributed by atoms with E-state index < -0.39 is 21.9 Å². The van der Waals surface area contributed by atoms with E-state index in [0.717, 1.165) is 0 Å². The van der Waals surface area contributed by atoms with Crippen LogP contribution in [0.3, 0.4) is 0 Å². The maximum Gasteiger partial charge on any atom is 0.274 e. The van der Waals surface area contributed by atoms with Crippen LogP contribution in [0.1, 0.15) is 29.1 Å². The molecule has 7 heteroatoms. The van der Waals surface area contributed by atoms with Gasteiger partial charge in [-0.1, -0.05) is 12.1 Å². The first kappa shape index (κ1) is 14.4. The number of furan rings is 1. The fourth-order valence-corrected chi connectivity index (χ4v) is 2.85. The highest BCUT2D eigenvalue weighted by atomic mass is 32.2. The van der Waals surface area contributed by atoms with E-state index in [1.807, 2.05) is 0 Å². The number of sulfonamides is 1. The highest BCUT2D eigenvalue weighted by molar-refractivity contribution is 7.89. The van der Waals surface area contributed by atoms with E-state index in [-0.39, 0.29) is 10.9 Å². The Balaban J connectivity index is 2.21. The van der Waals surface area contributed by atoms with Crippen LogP contribution in [-0.2, 0) is 10.0 Å². The summed E-state index contributed by atoms with van der Waals surface area (Å²) in [6.45, 7) is 1.58. The molecule has 0 bridgehead atoms. The van der Waals surface area contributed by atoms with Crippen LogP contribution in [0.15, 0.2) is 45.9 Å². The molecule has 0 aliphatic carbocycles. The lowest BCUT2D eigenvalue weighted by Gasteiger charge is -2.13. The van der Waals surface area contributed by atoms with Crippen LogP contribution in [0.5, 0.6) is 0 Å². The van der Waals surface area contributed by atoms with Crippen LogP contribution < -0.4 is 4.72 Å². The normalized spacial score (nSPS) is 13.1. The van der Waals surface area contributed by atoms with Crippen molar-refractivity contribution < 1.29 is 22.0 Å².